The SMILES string of the molecule is C/C(=N/NC(=S)NC1CCCCC1)c1cc2ccccc2o1. The first kappa shape index (κ1) is 15.0. The molecule has 1 aromatic carbocycles. The van der Waals surface area contributed by atoms with Gasteiger partial charge in [0.2, 0.25) is 0 Å². The molecule has 5 heteroatoms. The second-order valence-electron chi connectivity index (χ2n) is 5.77. The highest BCUT2D eigenvalue weighted by atomic mass is 32.1. The van der Waals surface area contributed by atoms with Crippen molar-refractivity contribution in [1.29, 1.82) is 0 Å². The van der Waals surface area contributed by atoms with Gasteiger partial charge < -0.3 is 9.73 Å². The highest BCUT2D eigenvalue weighted by Gasteiger charge is 2.13. The number of para-hydroxylation sites is 1. The lowest BCUT2D eigenvalue weighted by molar-refractivity contribution is 0.412. The number of hydrogen-bond acceptors (Lipinski definition) is 3. The van der Waals surface area contributed by atoms with E-state index < -0.39 is 0 Å². The summed E-state index contributed by atoms with van der Waals surface area (Å²) in [4.78, 5) is 0. The smallest absolute Gasteiger partial charge is 0.187 e. The van der Waals surface area contributed by atoms with Gasteiger partial charge in [-0.05, 0) is 44.1 Å². The third-order valence-electron chi connectivity index (χ3n) is 4.05. The molecule has 0 bridgehead atoms. The van der Waals surface area contributed by atoms with Crippen molar-refractivity contribution in [2.45, 2.75) is 45.1 Å². The minimum absolute atomic E-state index is 0.482. The normalized spacial score (nSPS) is 16.7. The van der Waals surface area contributed by atoms with E-state index in [1.54, 1.807) is 0 Å². The van der Waals surface area contributed by atoms with Crippen LogP contribution in [0.2, 0.25) is 0 Å². The zero-order chi connectivity index (χ0) is 15.4. The Morgan fingerprint density at radius 2 is 2.00 bits per heavy atom. The molecule has 1 heterocycles. The number of hydrazone groups is 1. The molecule has 0 spiro atoms. The predicted molar refractivity (Wildman–Crippen MR) is 94.2 cm³/mol. The van der Waals surface area contributed by atoms with Gasteiger partial charge in [0.25, 0.3) is 0 Å². The van der Waals surface area contributed by atoms with Crippen molar-refractivity contribution < 1.29 is 4.42 Å². The van der Waals surface area contributed by atoms with Gasteiger partial charge in [0.05, 0.1) is 0 Å². The summed E-state index contributed by atoms with van der Waals surface area (Å²) in [5, 5.41) is 9.32. The fourth-order valence-corrected chi connectivity index (χ4v) is 3.03. The van der Waals surface area contributed by atoms with E-state index in [1.165, 1.54) is 32.1 Å². The molecule has 0 saturated heterocycles. The second-order valence-corrected chi connectivity index (χ2v) is 6.17. The van der Waals surface area contributed by atoms with Crippen molar-refractivity contribution in [1.82, 2.24) is 10.7 Å². The summed E-state index contributed by atoms with van der Waals surface area (Å²) in [6.45, 7) is 1.91. The Balaban J connectivity index is 1.60. The lowest BCUT2D eigenvalue weighted by Gasteiger charge is -2.23. The monoisotopic (exact) mass is 315 g/mol. The van der Waals surface area contributed by atoms with Crippen LogP contribution < -0.4 is 10.7 Å². The van der Waals surface area contributed by atoms with E-state index in [4.69, 9.17) is 16.6 Å². The van der Waals surface area contributed by atoms with E-state index in [0.717, 1.165) is 22.4 Å². The Morgan fingerprint density at radius 3 is 2.77 bits per heavy atom. The van der Waals surface area contributed by atoms with Crippen molar-refractivity contribution in [2.24, 2.45) is 5.10 Å². The van der Waals surface area contributed by atoms with Crippen LogP contribution in [-0.2, 0) is 0 Å². The lowest BCUT2D eigenvalue weighted by atomic mass is 9.96. The number of hydrogen-bond donors (Lipinski definition) is 2. The van der Waals surface area contributed by atoms with Gasteiger partial charge in [0, 0.05) is 11.4 Å². The molecule has 1 aliphatic rings. The third-order valence-corrected chi connectivity index (χ3v) is 4.26. The van der Waals surface area contributed by atoms with E-state index in [-0.39, 0.29) is 0 Å². The van der Waals surface area contributed by atoms with Crippen LogP contribution in [0.3, 0.4) is 0 Å². The summed E-state index contributed by atoms with van der Waals surface area (Å²) in [5.41, 5.74) is 4.57. The third kappa shape index (κ3) is 3.65. The highest BCUT2D eigenvalue weighted by molar-refractivity contribution is 7.80. The van der Waals surface area contributed by atoms with Crippen molar-refractivity contribution >= 4 is 34.0 Å². The topological polar surface area (TPSA) is 49.6 Å². The van der Waals surface area contributed by atoms with Gasteiger partial charge in [0.15, 0.2) is 10.9 Å². The summed E-state index contributed by atoms with van der Waals surface area (Å²) in [6.07, 6.45) is 6.27. The van der Waals surface area contributed by atoms with Gasteiger partial charge in [-0.25, -0.2) is 0 Å². The second kappa shape index (κ2) is 6.92. The van der Waals surface area contributed by atoms with Crippen molar-refractivity contribution in [3.63, 3.8) is 0 Å². The van der Waals surface area contributed by atoms with Crippen LogP contribution in [0.25, 0.3) is 11.0 Å². The number of nitrogens with zero attached hydrogens (tertiary/aromatic N) is 1. The summed E-state index contributed by atoms with van der Waals surface area (Å²) >= 11 is 5.31. The van der Waals surface area contributed by atoms with Crippen LogP contribution in [0, 0.1) is 0 Å². The zero-order valence-corrected chi connectivity index (χ0v) is 13.6. The molecular weight excluding hydrogens is 294 g/mol. The number of furan rings is 1. The van der Waals surface area contributed by atoms with Crippen LogP contribution in [0.5, 0.6) is 0 Å². The number of nitrogens with one attached hydrogen (secondary N) is 2. The summed E-state index contributed by atoms with van der Waals surface area (Å²) in [7, 11) is 0. The molecule has 4 nitrogen and oxygen atoms in total. The summed E-state index contributed by atoms with van der Waals surface area (Å²) < 4.78 is 5.78. The van der Waals surface area contributed by atoms with Gasteiger partial charge >= 0.3 is 0 Å². The number of fused-ring (bicyclic) bond motifs is 1. The van der Waals surface area contributed by atoms with Gasteiger partial charge in [-0.2, -0.15) is 5.10 Å². The molecule has 2 N–H and O–H groups in total. The maximum atomic E-state index is 5.78. The maximum absolute atomic E-state index is 5.78. The first-order valence-corrected chi connectivity index (χ1v) is 8.23. The average Bonchev–Trinajstić information content (AvgIpc) is 2.98. The fraction of sp³-hybridized carbons (Fsp3) is 0.412. The number of benzene rings is 1. The van der Waals surface area contributed by atoms with E-state index in [1.807, 2.05) is 37.3 Å². The Bertz CT molecular complexity index is 653. The molecule has 116 valence electrons. The Morgan fingerprint density at radius 1 is 1.23 bits per heavy atom. The first-order valence-electron chi connectivity index (χ1n) is 7.82. The van der Waals surface area contributed by atoms with Crippen molar-refractivity contribution in [3.05, 3.63) is 36.1 Å². The fourth-order valence-electron chi connectivity index (χ4n) is 2.81. The number of rotatable bonds is 3. The quantitative estimate of drug-likeness (QED) is 0.511. The largest absolute Gasteiger partial charge is 0.455 e. The Hall–Kier alpha value is -1.88. The molecule has 1 saturated carbocycles. The summed E-state index contributed by atoms with van der Waals surface area (Å²) in [5.74, 6) is 0.758. The van der Waals surface area contributed by atoms with E-state index in [2.05, 4.69) is 15.8 Å². The predicted octanol–water partition coefficient (Wildman–Crippen LogP) is 3.95. The summed E-state index contributed by atoms with van der Waals surface area (Å²) in [6, 6.07) is 10.4. The maximum Gasteiger partial charge on any atom is 0.187 e. The minimum atomic E-state index is 0.482. The zero-order valence-electron chi connectivity index (χ0n) is 12.8. The number of thiocarbonyl (C=S) groups is 1. The molecule has 0 unspecified atom stereocenters. The lowest BCUT2D eigenvalue weighted by Crippen LogP contribution is -2.41. The highest BCUT2D eigenvalue weighted by Crippen LogP contribution is 2.19. The Kier molecular flexibility index (Phi) is 4.73. The molecule has 1 fully saturated rings. The molecule has 0 amide bonds. The van der Waals surface area contributed by atoms with Crippen LogP contribution in [0.4, 0.5) is 0 Å². The van der Waals surface area contributed by atoms with Crippen molar-refractivity contribution in [3.8, 4) is 0 Å². The molecule has 0 atom stereocenters. The molecule has 1 aliphatic carbocycles. The standard InChI is InChI=1S/C17H21N3OS/c1-12(16-11-13-7-5-6-10-15(13)21-16)19-20-17(22)18-14-8-3-2-4-9-14/h5-7,10-11,14H,2-4,8-9H2,1H3,(H2,18,20,22)/b19-12-. The van der Waals surface area contributed by atoms with Crippen LogP contribution in [0.15, 0.2) is 39.9 Å². The van der Waals surface area contributed by atoms with Crippen molar-refractivity contribution in [2.75, 3.05) is 0 Å². The Labute approximate surface area is 136 Å². The molecule has 0 aliphatic heterocycles. The van der Waals surface area contributed by atoms with Gasteiger partial charge in [-0.1, -0.05) is 37.5 Å². The molecule has 22 heavy (non-hydrogen) atoms. The van der Waals surface area contributed by atoms with Crippen LogP contribution in [0.1, 0.15) is 44.8 Å². The molecule has 1 aromatic heterocycles. The molecule has 0 radical (unpaired) electrons. The average molecular weight is 315 g/mol. The minimum Gasteiger partial charge on any atom is -0.455 e. The molecule has 3 rings (SSSR count). The van der Waals surface area contributed by atoms with E-state index in [0.29, 0.717) is 11.2 Å². The van der Waals surface area contributed by atoms with Crippen LogP contribution >= 0.6 is 12.2 Å². The van der Waals surface area contributed by atoms with E-state index in [9.17, 15) is 0 Å². The molecule has 2 aromatic rings. The van der Waals surface area contributed by atoms with Gasteiger partial charge in [-0.15, -0.1) is 0 Å². The van der Waals surface area contributed by atoms with Gasteiger partial charge in [-0.3, -0.25) is 5.43 Å². The van der Waals surface area contributed by atoms with E-state index >= 15 is 0 Å². The molecular formula is C17H21N3OS. The van der Waals surface area contributed by atoms with Crippen LogP contribution in [-0.4, -0.2) is 16.9 Å². The first-order chi connectivity index (χ1) is 10.7. The van der Waals surface area contributed by atoms with Gasteiger partial charge in [0.1, 0.15) is 11.3 Å².